The van der Waals surface area contributed by atoms with Gasteiger partial charge in [-0.3, -0.25) is 4.57 Å². The molecule has 0 rings (SSSR count). The largest absolute Gasteiger partial charge is 0.396 e. The average molecular weight is 128 g/mol. The van der Waals surface area contributed by atoms with E-state index in [1.54, 1.807) is 0 Å². The molecule has 0 aromatic heterocycles. The minimum atomic E-state index is -4.79. The molecule has 0 atom stereocenters. The van der Waals surface area contributed by atoms with Gasteiger partial charge in [0.05, 0.1) is 12.7 Å². The van der Waals surface area contributed by atoms with Crippen molar-refractivity contribution in [1.29, 1.82) is 0 Å². The fraction of sp³-hybridized carbons (Fsp3) is 1.00. The van der Waals surface area contributed by atoms with Gasteiger partial charge in [0.15, 0.2) is 0 Å². The minimum Gasteiger partial charge on any atom is -0.396 e. The van der Waals surface area contributed by atoms with Crippen LogP contribution in [-0.4, -0.2) is 27.6 Å². The van der Waals surface area contributed by atoms with Crippen LogP contribution in [-0.2, 0) is 4.57 Å². The molecule has 44 valence electrons. The molecule has 4 nitrogen and oxygen atoms in total. The molecule has 0 saturated heterocycles. The van der Waals surface area contributed by atoms with Crippen LogP contribution in [0.25, 0.3) is 0 Å². The third-order valence-corrected chi connectivity index (χ3v) is 0.830. The maximum atomic E-state index is 10.0. The first-order chi connectivity index (χ1) is 3.81. The van der Waals surface area contributed by atoms with E-state index in [4.69, 9.17) is 17.6 Å². The highest BCUT2D eigenvalue weighted by Crippen LogP contribution is 2.32. The Hall–Kier alpha value is 0.110. The van der Waals surface area contributed by atoms with E-state index in [0.717, 1.165) is 0 Å². The van der Waals surface area contributed by atoms with Crippen LogP contribution in [0.2, 0.25) is 0 Å². The quantitative estimate of drug-likeness (QED) is 0.423. The number of hydrogen-bond donors (Lipinski definition) is 3. The molecule has 0 unspecified atom stereocenters. The molecule has 0 amide bonds. The first kappa shape index (κ1) is 4.04. The summed E-state index contributed by atoms with van der Waals surface area (Å²) in [5.41, 5.74) is 0. The van der Waals surface area contributed by atoms with Crippen LogP contribution in [0.3, 0.4) is 0 Å². The van der Waals surface area contributed by atoms with Gasteiger partial charge in [-0.25, -0.2) is 0 Å². The smallest absolute Gasteiger partial charge is 0.327 e. The molecular weight excluding hydrogens is 119 g/mol. The molecular formula is C2H7O4P. The van der Waals surface area contributed by atoms with E-state index in [2.05, 4.69) is 0 Å². The van der Waals surface area contributed by atoms with Crippen LogP contribution < -0.4 is 0 Å². The second kappa shape index (κ2) is 2.43. The molecule has 3 N–H and O–H groups in total. The summed E-state index contributed by atoms with van der Waals surface area (Å²) in [6.07, 6.45) is -2.80. The molecule has 0 radical (unpaired) electrons. The summed E-state index contributed by atoms with van der Waals surface area (Å²) in [7, 11) is -4.79. The van der Waals surface area contributed by atoms with Crippen molar-refractivity contribution in [3.63, 3.8) is 0 Å². The van der Waals surface area contributed by atoms with Crippen LogP contribution in [0.15, 0.2) is 0 Å². The molecule has 0 spiro atoms. The molecule has 0 bridgehead atoms. The van der Waals surface area contributed by atoms with Crippen LogP contribution in [0.4, 0.5) is 0 Å². The Kier molecular flexibility index (Phi) is 1.40. The van der Waals surface area contributed by atoms with E-state index < -0.39 is 20.3 Å². The SMILES string of the molecule is [2H]C([2H])(CO)P(=O)(O)O. The lowest BCUT2D eigenvalue weighted by atomic mass is 10.9. The first-order valence-corrected chi connectivity index (χ1v) is 3.09. The zero-order valence-corrected chi connectivity index (χ0v) is 4.30. The molecule has 0 aromatic rings. The molecule has 0 aromatic carbocycles. The van der Waals surface area contributed by atoms with Crippen LogP contribution >= 0.6 is 7.60 Å². The highest BCUT2D eigenvalue weighted by molar-refractivity contribution is 7.51. The standard InChI is InChI=1S/C2H7O4P/c3-1-2-7(4,5)6/h3H,1-2H2,(H2,4,5,6)/i2D2. The van der Waals surface area contributed by atoms with Crippen molar-refractivity contribution in [2.45, 2.75) is 0 Å². The molecule has 0 saturated carbocycles. The third kappa shape index (κ3) is 6.11. The first-order valence-electron chi connectivity index (χ1n) is 2.48. The Morgan fingerprint density at radius 3 is 2.14 bits per heavy atom. The van der Waals surface area contributed by atoms with Crippen molar-refractivity contribution in [2.75, 3.05) is 12.7 Å². The van der Waals surface area contributed by atoms with Crippen LogP contribution in [0.1, 0.15) is 2.74 Å². The van der Waals surface area contributed by atoms with Gasteiger partial charge in [0.2, 0.25) is 0 Å². The Morgan fingerprint density at radius 2 is 2.14 bits per heavy atom. The van der Waals surface area contributed by atoms with Crippen molar-refractivity contribution in [2.24, 2.45) is 0 Å². The van der Waals surface area contributed by atoms with Crippen molar-refractivity contribution >= 4 is 7.60 Å². The van der Waals surface area contributed by atoms with Gasteiger partial charge in [-0.2, -0.15) is 0 Å². The summed E-state index contributed by atoms with van der Waals surface area (Å²) < 4.78 is 23.0. The summed E-state index contributed by atoms with van der Waals surface area (Å²) >= 11 is 0. The Morgan fingerprint density at radius 1 is 1.71 bits per heavy atom. The van der Waals surface area contributed by atoms with Gasteiger partial charge < -0.3 is 14.9 Å². The molecule has 5 heteroatoms. The molecule has 0 aliphatic carbocycles. The molecule has 0 aliphatic rings. The number of aliphatic hydroxyl groups is 1. The maximum Gasteiger partial charge on any atom is 0.327 e. The van der Waals surface area contributed by atoms with E-state index in [0.29, 0.717) is 0 Å². The zero-order chi connectivity index (χ0) is 7.71. The van der Waals surface area contributed by atoms with E-state index in [1.165, 1.54) is 0 Å². The van der Waals surface area contributed by atoms with Crippen LogP contribution in [0.5, 0.6) is 0 Å². The lowest BCUT2D eigenvalue weighted by Crippen LogP contribution is -1.91. The van der Waals surface area contributed by atoms with Gasteiger partial charge in [0.1, 0.15) is 0 Å². The second-order valence-corrected chi connectivity index (χ2v) is 2.26. The minimum absolute atomic E-state index is 1.17. The van der Waals surface area contributed by atoms with Crippen molar-refractivity contribution in [3.05, 3.63) is 0 Å². The van der Waals surface area contributed by atoms with E-state index in [1.807, 2.05) is 0 Å². The van der Waals surface area contributed by atoms with Crippen LogP contribution in [0, 0.1) is 0 Å². The highest BCUT2D eigenvalue weighted by Gasteiger charge is 2.09. The van der Waals surface area contributed by atoms with Crippen molar-refractivity contribution in [3.8, 4) is 0 Å². The zero-order valence-electron chi connectivity index (χ0n) is 5.40. The summed E-state index contributed by atoms with van der Waals surface area (Å²) in [6.45, 7) is -1.17. The van der Waals surface area contributed by atoms with Gasteiger partial charge in [-0.15, -0.1) is 0 Å². The Balaban J connectivity index is 4.34. The lowest BCUT2D eigenvalue weighted by Gasteiger charge is -1.96. The topological polar surface area (TPSA) is 77.8 Å². The third-order valence-electron chi connectivity index (χ3n) is 0.277. The van der Waals surface area contributed by atoms with E-state index in [-0.39, 0.29) is 0 Å². The van der Waals surface area contributed by atoms with Gasteiger partial charge in [0, 0.05) is 2.74 Å². The van der Waals surface area contributed by atoms with Gasteiger partial charge in [-0.05, 0) is 0 Å². The number of aliphatic hydroxyl groups excluding tert-OH is 1. The summed E-state index contributed by atoms with van der Waals surface area (Å²) in [6, 6.07) is 0. The summed E-state index contributed by atoms with van der Waals surface area (Å²) in [5, 5.41) is 8.06. The average Bonchev–Trinajstić information content (AvgIpc) is 1.64. The molecule has 0 aliphatic heterocycles. The number of hydrogen-bond acceptors (Lipinski definition) is 2. The molecule has 7 heavy (non-hydrogen) atoms. The Bertz CT molecular complexity index is 140. The molecule has 0 heterocycles. The predicted molar refractivity (Wildman–Crippen MR) is 24.0 cm³/mol. The van der Waals surface area contributed by atoms with Gasteiger partial charge in [-0.1, -0.05) is 0 Å². The fourth-order valence-electron chi connectivity index (χ4n) is 0.0921. The summed E-state index contributed by atoms with van der Waals surface area (Å²) in [4.78, 5) is 16.2. The van der Waals surface area contributed by atoms with Gasteiger partial charge >= 0.3 is 7.60 Å². The normalized spacial score (nSPS) is 18.1. The van der Waals surface area contributed by atoms with Crippen molar-refractivity contribution < 1.29 is 22.2 Å². The Labute approximate surface area is 43.8 Å². The lowest BCUT2D eigenvalue weighted by molar-refractivity contribution is 0.299. The maximum absolute atomic E-state index is 10.0. The second-order valence-electron chi connectivity index (χ2n) is 0.860. The predicted octanol–water partition coefficient (Wildman–Crippen LogP) is -0.844. The summed E-state index contributed by atoms with van der Waals surface area (Å²) in [5.74, 6) is 0. The monoisotopic (exact) mass is 128 g/mol. The molecule has 0 fully saturated rings. The van der Waals surface area contributed by atoms with E-state index >= 15 is 0 Å². The fourth-order valence-corrected chi connectivity index (χ4v) is 0.276. The van der Waals surface area contributed by atoms with Crippen molar-refractivity contribution in [1.82, 2.24) is 0 Å². The van der Waals surface area contributed by atoms with E-state index in [9.17, 15) is 4.57 Å². The number of rotatable bonds is 2. The van der Waals surface area contributed by atoms with Gasteiger partial charge in [0.25, 0.3) is 0 Å². The highest BCUT2D eigenvalue weighted by atomic mass is 31.2.